The number of phenolic OH excluding ortho intramolecular Hbond substituents is 1. The molecule has 2 rings (SSSR count). The van der Waals surface area contributed by atoms with E-state index in [2.05, 4.69) is 4.90 Å². The van der Waals surface area contributed by atoms with Crippen molar-refractivity contribution in [1.29, 1.82) is 0 Å². The summed E-state index contributed by atoms with van der Waals surface area (Å²) in [4.78, 5) is 3.01. The number of benzene rings is 1. The first-order valence-electron chi connectivity index (χ1n) is 5.95. The average molecular weight is 250 g/mol. The highest BCUT2D eigenvalue weighted by Gasteiger charge is 2.21. The van der Waals surface area contributed by atoms with Gasteiger partial charge in [-0.25, -0.2) is 0 Å². The maximum Gasteiger partial charge on any atom is 0.115 e. The molecule has 1 heterocycles. The van der Waals surface area contributed by atoms with Crippen LogP contribution in [0.4, 0.5) is 0 Å². The number of hydrogen-bond donors (Lipinski definition) is 2. The number of piperidine rings is 1. The highest BCUT2D eigenvalue weighted by atomic mass is 32.1. The Hall–Kier alpha value is -1.13. The SMILES string of the molecule is NC(=S)C1CCCN(Cc2ccc(O)cc2)C1. The van der Waals surface area contributed by atoms with Crippen LogP contribution in [0.1, 0.15) is 18.4 Å². The molecule has 1 saturated heterocycles. The Morgan fingerprint density at radius 1 is 1.41 bits per heavy atom. The number of thiocarbonyl (C=S) groups is 1. The van der Waals surface area contributed by atoms with Crippen molar-refractivity contribution in [3.8, 4) is 5.75 Å². The van der Waals surface area contributed by atoms with Crippen molar-refractivity contribution >= 4 is 17.2 Å². The van der Waals surface area contributed by atoms with Crippen LogP contribution in [0.5, 0.6) is 5.75 Å². The zero-order valence-electron chi connectivity index (χ0n) is 9.80. The Bertz CT molecular complexity index is 391. The fourth-order valence-corrected chi connectivity index (χ4v) is 2.48. The highest BCUT2D eigenvalue weighted by Crippen LogP contribution is 2.19. The second-order valence-corrected chi connectivity index (χ2v) is 5.11. The molecule has 1 aliphatic rings. The first-order valence-corrected chi connectivity index (χ1v) is 6.35. The van der Waals surface area contributed by atoms with Crippen molar-refractivity contribution in [1.82, 2.24) is 4.90 Å². The summed E-state index contributed by atoms with van der Waals surface area (Å²) in [6, 6.07) is 7.37. The second kappa shape index (κ2) is 5.47. The van der Waals surface area contributed by atoms with E-state index in [9.17, 15) is 5.11 Å². The molecule has 4 heteroatoms. The number of rotatable bonds is 3. The van der Waals surface area contributed by atoms with Crippen molar-refractivity contribution in [3.63, 3.8) is 0 Å². The van der Waals surface area contributed by atoms with Gasteiger partial charge >= 0.3 is 0 Å². The van der Waals surface area contributed by atoms with Gasteiger partial charge in [-0.15, -0.1) is 0 Å². The molecular formula is C13H18N2OS. The zero-order chi connectivity index (χ0) is 12.3. The number of nitrogens with two attached hydrogens (primary N) is 1. The Morgan fingerprint density at radius 3 is 2.76 bits per heavy atom. The van der Waals surface area contributed by atoms with E-state index in [-0.39, 0.29) is 0 Å². The molecule has 0 spiro atoms. The van der Waals surface area contributed by atoms with Crippen LogP contribution < -0.4 is 5.73 Å². The van der Waals surface area contributed by atoms with Gasteiger partial charge in [0.15, 0.2) is 0 Å². The summed E-state index contributed by atoms with van der Waals surface area (Å²) in [5.74, 6) is 0.671. The number of aromatic hydroxyl groups is 1. The Labute approximate surface area is 107 Å². The summed E-state index contributed by atoms with van der Waals surface area (Å²) in [5, 5.41) is 9.23. The van der Waals surface area contributed by atoms with Gasteiger partial charge in [0.2, 0.25) is 0 Å². The van der Waals surface area contributed by atoms with E-state index in [1.54, 1.807) is 12.1 Å². The molecule has 0 radical (unpaired) electrons. The molecule has 0 aliphatic carbocycles. The first kappa shape index (κ1) is 12.3. The van der Waals surface area contributed by atoms with Gasteiger partial charge in [-0.1, -0.05) is 24.4 Å². The molecule has 0 bridgehead atoms. The average Bonchev–Trinajstić information content (AvgIpc) is 2.32. The standard InChI is InChI=1S/C13H18N2OS/c14-13(17)11-2-1-7-15(9-11)8-10-3-5-12(16)6-4-10/h3-6,11,16H,1-2,7-9H2,(H2,14,17). The third-order valence-corrected chi connectivity index (χ3v) is 3.58. The molecule has 1 aromatic rings. The van der Waals surface area contributed by atoms with E-state index in [1.807, 2.05) is 12.1 Å². The largest absolute Gasteiger partial charge is 0.508 e. The summed E-state index contributed by atoms with van der Waals surface area (Å²) in [6.07, 6.45) is 2.27. The van der Waals surface area contributed by atoms with Crippen LogP contribution in [0.2, 0.25) is 0 Å². The summed E-state index contributed by atoms with van der Waals surface area (Å²) in [5.41, 5.74) is 6.93. The maximum atomic E-state index is 9.23. The lowest BCUT2D eigenvalue weighted by atomic mass is 9.97. The minimum atomic E-state index is 0.313. The van der Waals surface area contributed by atoms with Crippen molar-refractivity contribution in [3.05, 3.63) is 29.8 Å². The van der Waals surface area contributed by atoms with Crippen molar-refractivity contribution in [2.45, 2.75) is 19.4 Å². The molecule has 17 heavy (non-hydrogen) atoms. The number of hydrogen-bond acceptors (Lipinski definition) is 3. The number of phenols is 1. The minimum absolute atomic E-state index is 0.313. The highest BCUT2D eigenvalue weighted by molar-refractivity contribution is 7.80. The second-order valence-electron chi connectivity index (χ2n) is 4.64. The fraction of sp³-hybridized carbons (Fsp3) is 0.462. The first-order chi connectivity index (χ1) is 8.15. The van der Waals surface area contributed by atoms with E-state index in [1.165, 1.54) is 5.56 Å². The van der Waals surface area contributed by atoms with Crippen LogP contribution in [-0.4, -0.2) is 28.1 Å². The number of nitrogens with zero attached hydrogens (tertiary/aromatic N) is 1. The van der Waals surface area contributed by atoms with Gasteiger partial charge in [0.25, 0.3) is 0 Å². The van der Waals surface area contributed by atoms with Crippen LogP contribution in [0.3, 0.4) is 0 Å². The molecule has 3 N–H and O–H groups in total. The smallest absolute Gasteiger partial charge is 0.115 e. The van der Waals surface area contributed by atoms with Crippen LogP contribution in [0.25, 0.3) is 0 Å². The summed E-state index contributed by atoms with van der Waals surface area (Å²) >= 11 is 5.07. The van der Waals surface area contributed by atoms with Crippen LogP contribution in [0, 0.1) is 5.92 Å². The fourth-order valence-electron chi connectivity index (χ4n) is 2.29. The molecule has 3 nitrogen and oxygen atoms in total. The third kappa shape index (κ3) is 3.41. The molecular weight excluding hydrogens is 232 g/mol. The van der Waals surface area contributed by atoms with Gasteiger partial charge in [-0.2, -0.15) is 0 Å². The monoisotopic (exact) mass is 250 g/mol. The van der Waals surface area contributed by atoms with Gasteiger partial charge in [-0.05, 0) is 37.1 Å². The van der Waals surface area contributed by atoms with Crippen molar-refractivity contribution in [2.24, 2.45) is 11.7 Å². The Balaban J connectivity index is 1.94. The molecule has 0 saturated carbocycles. The lowest BCUT2D eigenvalue weighted by Crippen LogP contribution is -2.39. The van der Waals surface area contributed by atoms with Gasteiger partial charge in [0, 0.05) is 19.0 Å². The number of likely N-dealkylation sites (tertiary alicyclic amines) is 1. The van der Waals surface area contributed by atoms with Gasteiger partial charge in [0.05, 0.1) is 4.99 Å². The summed E-state index contributed by atoms with van der Waals surface area (Å²) in [7, 11) is 0. The van der Waals surface area contributed by atoms with Crippen LogP contribution in [0.15, 0.2) is 24.3 Å². The lowest BCUT2D eigenvalue weighted by molar-refractivity contribution is 0.197. The van der Waals surface area contributed by atoms with Gasteiger partial charge < -0.3 is 10.8 Å². The van der Waals surface area contributed by atoms with Crippen LogP contribution >= 0.6 is 12.2 Å². The van der Waals surface area contributed by atoms with E-state index in [0.717, 1.165) is 32.5 Å². The Morgan fingerprint density at radius 2 is 2.12 bits per heavy atom. The summed E-state index contributed by atoms with van der Waals surface area (Å²) in [6.45, 7) is 2.95. The van der Waals surface area contributed by atoms with Crippen LogP contribution in [-0.2, 0) is 6.54 Å². The normalized spacial score (nSPS) is 21.3. The third-order valence-electron chi connectivity index (χ3n) is 3.25. The Kier molecular flexibility index (Phi) is 3.97. The van der Waals surface area contributed by atoms with Crippen molar-refractivity contribution < 1.29 is 5.11 Å². The predicted octanol–water partition coefficient (Wildman–Crippen LogP) is 1.89. The molecule has 1 aromatic carbocycles. The predicted molar refractivity (Wildman–Crippen MR) is 72.9 cm³/mol. The molecule has 1 aliphatic heterocycles. The lowest BCUT2D eigenvalue weighted by Gasteiger charge is -2.32. The van der Waals surface area contributed by atoms with E-state index in [4.69, 9.17) is 18.0 Å². The quantitative estimate of drug-likeness (QED) is 0.804. The van der Waals surface area contributed by atoms with E-state index >= 15 is 0 Å². The zero-order valence-corrected chi connectivity index (χ0v) is 10.6. The van der Waals surface area contributed by atoms with Gasteiger partial charge in [0.1, 0.15) is 5.75 Å². The molecule has 0 amide bonds. The van der Waals surface area contributed by atoms with E-state index in [0.29, 0.717) is 16.7 Å². The molecule has 1 fully saturated rings. The summed E-state index contributed by atoms with van der Waals surface area (Å²) < 4.78 is 0. The van der Waals surface area contributed by atoms with E-state index < -0.39 is 0 Å². The maximum absolute atomic E-state index is 9.23. The molecule has 92 valence electrons. The van der Waals surface area contributed by atoms with Gasteiger partial charge in [-0.3, -0.25) is 4.90 Å². The molecule has 1 unspecified atom stereocenters. The molecule has 1 atom stereocenters. The molecule has 0 aromatic heterocycles. The topological polar surface area (TPSA) is 49.5 Å². The van der Waals surface area contributed by atoms with Crippen molar-refractivity contribution in [2.75, 3.05) is 13.1 Å². The minimum Gasteiger partial charge on any atom is -0.508 e.